The van der Waals surface area contributed by atoms with Crippen molar-refractivity contribution >= 4 is 5.95 Å². The van der Waals surface area contributed by atoms with Crippen LogP contribution in [0.2, 0.25) is 0 Å². The van der Waals surface area contributed by atoms with Crippen molar-refractivity contribution in [1.29, 1.82) is 0 Å². The van der Waals surface area contributed by atoms with Gasteiger partial charge in [-0.1, -0.05) is 0 Å². The number of aliphatic hydroxyl groups is 2. The van der Waals surface area contributed by atoms with E-state index in [4.69, 9.17) is 10.2 Å². The second-order valence-corrected chi connectivity index (χ2v) is 2.95. The van der Waals surface area contributed by atoms with E-state index in [2.05, 4.69) is 4.98 Å². The Kier molecular flexibility index (Phi) is 4.42. The summed E-state index contributed by atoms with van der Waals surface area (Å²) in [6.45, 7) is 3.99. The fourth-order valence-corrected chi connectivity index (χ4v) is 1.38. The number of nitrogens with zero attached hydrogens (tertiary/aromatic N) is 3. The average molecular weight is 199 g/mol. The molecule has 0 bridgehead atoms. The summed E-state index contributed by atoms with van der Waals surface area (Å²) in [5, 5.41) is 17.7. The van der Waals surface area contributed by atoms with E-state index in [1.807, 2.05) is 22.6 Å². The molecule has 0 amide bonds. The molecule has 0 unspecified atom stereocenters. The molecule has 0 aromatic carbocycles. The number of anilines is 1. The van der Waals surface area contributed by atoms with E-state index in [-0.39, 0.29) is 13.2 Å². The van der Waals surface area contributed by atoms with Crippen LogP contribution in [0.5, 0.6) is 0 Å². The van der Waals surface area contributed by atoms with E-state index in [9.17, 15) is 0 Å². The maximum atomic E-state index is 8.87. The number of aryl methyl sites for hydroxylation is 1. The summed E-state index contributed by atoms with van der Waals surface area (Å²) in [6.07, 6.45) is 3.61. The second kappa shape index (κ2) is 5.62. The Balaban J connectivity index is 2.75. The normalized spacial score (nSPS) is 10.5. The molecular weight excluding hydrogens is 182 g/mol. The molecule has 14 heavy (non-hydrogen) atoms. The van der Waals surface area contributed by atoms with E-state index in [0.717, 1.165) is 12.5 Å². The van der Waals surface area contributed by atoms with Crippen molar-refractivity contribution in [1.82, 2.24) is 9.55 Å². The Morgan fingerprint density at radius 2 is 2.00 bits per heavy atom. The minimum absolute atomic E-state index is 0.0660. The van der Waals surface area contributed by atoms with Crippen molar-refractivity contribution in [3.63, 3.8) is 0 Å². The first-order chi connectivity index (χ1) is 6.83. The molecule has 0 saturated heterocycles. The SMILES string of the molecule is CCn1ccnc1N(CCO)CCO. The molecule has 0 aliphatic rings. The van der Waals surface area contributed by atoms with Gasteiger partial charge in [-0.2, -0.15) is 0 Å². The van der Waals surface area contributed by atoms with Gasteiger partial charge in [-0.15, -0.1) is 0 Å². The maximum Gasteiger partial charge on any atom is 0.205 e. The minimum atomic E-state index is 0.0660. The van der Waals surface area contributed by atoms with Crippen molar-refractivity contribution < 1.29 is 10.2 Å². The number of rotatable bonds is 6. The molecule has 0 aliphatic heterocycles. The van der Waals surface area contributed by atoms with Crippen molar-refractivity contribution in [2.75, 3.05) is 31.2 Å². The number of aromatic nitrogens is 2. The lowest BCUT2D eigenvalue weighted by molar-refractivity contribution is 0.279. The molecule has 0 spiro atoms. The van der Waals surface area contributed by atoms with E-state index in [0.29, 0.717) is 13.1 Å². The molecule has 1 heterocycles. The first kappa shape index (κ1) is 11.0. The second-order valence-electron chi connectivity index (χ2n) is 2.95. The van der Waals surface area contributed by atoms with Gasteiger partial charge in [0.25, 0.3) is 0 Å². The first-order valence-electron chi connectivity index (χ1n) is 4.81. The molecule has 0 atom stereocenters. The lowest BCUT2D eigenvalue weighted by atomic mass is 10.5. The van der Waals surface area contributed by atoms with Crippen LogP contribution in [0.3, 0.4) is 0 Å². The zero-order valence-corrected chi connectivity index (χ0v) is 8.43. The Hall–Kier alpha value is -1.07. The highest BCUT2D eigenvalue weighted by atomic mass is 16.3. The quantitative estimate of drug-likeness (QED) is 0.660. The Morgan fingerprint density at radius 1 is 1.36 bits per heavy atom. The van der Waals surface area contributed by atoms with Crippen molar-refractivity contribution in [2.45, 2.75) is 13.5 Å². The third-order valence-electron chi connectivity index (χ3n) is 2.06. The summed E-state index contributed by atoms with van der Waals surface area (Å²) < 4.78 is 1.98. The van der Waals surface area contributed by atoms with Gasteiger partial charge in [-0.05, 0) is 6.92 Å². The Morgan fingerprint density at radius 3 is 2.50 bits per heavy atom. The monoisotopic (exact) mass is 199 g/mol. The van der Waals surface area contributed by atoms with Gasteiger partial charge >= 0.3 is 0 Å². The van der Waals surface area contributed by atoms with E-state index in [1.54, 1.807) is 6.20 Å². The van der Waals surface area contributed by atoms with Gasteiger partial charge in [-0.3, -0.25) is 0 Å². The Bertz CT molecular complexity index is 256. The maximum absolute atomic E-state index is 8.87. The molecule has 5 nitrogen and oxygen atoms in total. The lowest BCUT2D eigenvalue weighted by Gasteiger charge is -2.22. The molecule has 1 rings (SSSR count). The third kappa shape index (κ3) is 2.46. The fraction of sp³-hybridized carbons (Fsp3) is 0.667. The highest BCUT2D eigenvalue weighted by molar-refractivity contribution is 5.30. The van der Waals surface area contributed by atoms with Crippen LogP contribution in [0, 0.1) is 0 Å². The molecule has 80 valence electrons. The highest BCUT2D eigenvalue weighted by Gasteiger charge is 2.10. The van der Waals surface area contributed by atoms with Gasteiger partial charge < -0.3 is 19.7 Å². The van der Waals surface area contributed by atoms with Crippen LogP contribution < -0.4 is 4.90 Å². The van der Waals surface area contributed by atoms with Gasteiger partial charge in [0.1, 0.15) is 0 Å². The van der Waals surface area contributed by atoms with Gasteiger partial charge in [0.05, 0.1) is 13.2 Å². The Labute approximate surface area is 83.6 Å². The predicted molar refractivity (Wildman–Crippen MR) is 54.3 cm³/mol. The zero-order valence-electron chi connectivity index (χ0n) is 8.43. The predicted octanol–water partition coefficient (Wildman–Crippen LogP) is -0.306. The van der Waals surface area contributed by atoms with Crippen molar-refractivity contribution in [3.8, 4) is 0 Å². The van der Waals surface area contributed by atoms with Crippen LogP contribution in [-0.4, -0.2) is 46.1 Å². The molecule has 0 fully saturated rings. The summed E-state index contributed by atoms with van der Waals surface area (Å²) in [5.74, 6) is 0.801. The molecule has 5 heteroatoms. The van der Waals surface area contributed by atoms with Crippen molar-refractivity contribution in [2.24, 2.45) is 0 Å². The molecule has 2 N–H and O–H groups in total. The van der Waals surface area contributed by atoms with Crippen molar-refractivity contribution in [3.05, 3.63) is 12.4 Å². The van der Waals surface area contributed by atoms with Crippen LogP contribution in [0.4, 0.5) is 5.95 Å². The summed E-state index contributed by atoms with van der Waals surface area (Å²) in [7, 11) is 0. The number of hydrogen-bond donors (Lipinski definition) is 2. The summed E-state index contributed by atoms with van der Waals surface area (Å²) in [4.78, 5) is 6.06. The smallest absolute Gasteiger partial charge is 0.205 e. The summed E-state index contributed by atoms with van der Waals surface area (Å²) in [6, 6.07) is 0. The van der Waals surface area contributed by atoms with E-state index >= 15 is 0 Å². The number of hydrogen-bond acceptors (Lipinski definition) is 4. The first-order valence-corrected chi connectivity index (χ1v) is 4.81. The van der Waals surface area contributed by atoms with Gasteiger partial charge in [0.15, 0.2) is 0 Å². The zero-order chi connectivity index (χ0) is 10.4. The van der Waals surface area contributed by atoms with Crippen LogP contribution in [0.15, 0.2) is 12.4 Å². The largest absolute Gasteiger partial charge is 0.395 e. The third-order valence-corrected chi connectivity index (χ3v) is 2.06. The van der Waals surface area contributed by atoms with Gasteiger partial charge in [0, 0.05) is 32.0 Å². The molecule has 1 aromatic heterocycles. The molecule has 0 saturated carbocycles. The molecule has 0 radical (unpaired) electrons. The van der Waals surface area contributed by atoms with Crippen LogP contribution >= 0.6 is 0 Å². The van der Waals surface area contributed by atoms with Crippen LogP contribution in [0.25, 0.3) is 0 Å². The van der Waals surface area contributed by atoms with Crippen LogP contribution in [0.1, 0.15) is 6.92 Å². The minimum Gasteiger partial charge on any atom is -0.395 e. The highest BCUT2D eigenvalue weighted by Crippen LogP contribution is 2.10. The molecular formula is C9H17N3O2. The summed E-state index contributed by atoms with van der Waals surface area (Å²) >= 11 is 0. The van der Waals surface area contributed by atoms with E-state index in [1.165, 1.54) is 0 Å². The van der Waals surface area contributed by atoms with E-state index < -0.39 is 0 Å². The van der Waals surface area contributed by atoms with Gasteiger partial charge in [-0.25, -0.2) is 4.98 Å². The molecule has 0 aliphatic carbocycles. The number of imidazole rings is 1. The average Bonchev–Trinajstić information content (AvgIpc) is 2.65. The van der Waals surface area contributed by atoms with Gasteiger partial charge in [0.2, 0.25) is 5.95 Å². The standard InChI is InChI=1S/C9H17N3O2/c1-2-11-4-3-10-9(11)12(5-7-13)6-8-14/h3-4,13-14H,2,5-8H2,1H3. The topological polar surface area (TPSA) is 61.5 Å². The fourth-order valence-electron chi connectivity index (χ4n) is 1.38. The summed E-state index contributed by atoms with van der Waals surface area (Å²) in [5.41, 5.74) is 0. The van der Waals surface area contributed by atoms with Crippen LogP contribution in [-0.2, 0) is 6.54 Å². The molecule has 1 aromatic rings. The number of aliphatic hydroxyl groups excluding tert-OH is 2. The lowest BCUT2D eigenvalue weighted by Crippen LogP contribution is -2.32.